The van der Waals surface area contributed by atoms with E-state index in [9.17, 15) is 13.5 Å². The van der Waals surface area contributed by atoms with Crippen molar-refractivity contribution in [1.82, 2.24) is 5.32 Å². The highest BCUT2D eigenvalue weighted by Gasteiger charge is 2.24. The van der Waals surface area contributed by atoms with Crippen LogP contribution in [-0.4, -0.2) is 31.1 Å². The predicted molar refractivity (Wildman–Crippen MR) is 74.3 cm³/mol. The Labute approximate surface area is 115 Å². The summed E-state index contributed by atoms with van der Waals surface area (Å²) in [6.07, 6.45) is 1.58. The van der Waals surface area contributed by atoms with Gasteiger partial charge in [0.05, 0.1) is 16.0 Å². The Morgan fingerprint density at radius 2 is 2.22 bits per heavy atom. The van der Waals surface area contributed by atoms with Crippen LogP contribution in [0.5, 0.6) is 5.75 Å². The molecule has 0 radical (unpaired) electrons. The molecule has 2 rings (SSSR count). The monoisotopic (exact) mass is 333 g/mol. The van der Waals surface area contributed by atoms with Crippen LogP contribution in [0.1, 0.15) is 18.4 Å². The van der Waals surface area contributed by atoms with Crippen LogP contribution in [0.3, 0.4) is 0 Å². The molecule has 0 aliphatic carbocycles. The Morgan fingerprint density at radius 1 is 1.44 bits per heavy atom. The van der Waals surface area contributed by atoms with E-state index < -0.39 is 9.84 Å². The maximum Gasteiger partial charge on any atom is 0.151 e. The third-order valence-electron chi connectivity index (χ3n) is 3.11. The molecular formula is C12H16BrNO3S. The Hall–Kier alpha value is -0.590. The number of aromatic hydroxyl groups is 1. The molecule has 1 aromatic carbocycles. The maximum absolute atomic E-state index is 11.5. The van der Waals surface area contributed by atoms with Crippen molar-refractivity contribution < 1.29 is 13.5 Å². The molecule has 1 aliphatic heterocycles. The molecule has 0 spiro atoms. The molecule has 1 unspecified atom stereocenters. The van der Waals surface area contributed by atoms with Gasteiger partial charge in [-0.05, 0) is 34.8 Å². The van der Waals surface area contributed by atoms with Gasteiger partial charge in [0.1, 0.15) is 5.75 Å². The fourth-order valence-electron chi connectivity index (χ4n) is 2.14. The summed E-state index contributed by atoms with van der Waals surface area (Å²) in [7, 11) is -2.89. The number of sulfone groups is 1. The number of halogens is 1. The van der Waals surface area contributed by atoms with Crippen molar-refractivity contribution in [2.24, 2.45) is 0 Å². The molecular weight excluding hydrogens is 318 g/mol. The molecule has 4 nitrogen and oxygen atoms in total. The summed E-state index contributed by atoms with van der Waals surface area (Å²) in [5.74, 6) is 0.707. The van der Waals surface area contributed by atoms with E-state index in [1.807, 2.05) is 12.1 Å². The molecule has 1 fully saturated rings. The van der Waals surface area contributed by atoms with Crippen LogP contribution in [0, 0.1) is 0 Å². The van der Waals surface area contributed by atoms with Crippen molar-refractivity contribution in [1.29, 1.82) is 0 Å². The highest BCUT2D eigenvalue weighted by atomic mass is 79.9. The predicted octanol–water partition coefficient (Wildman–Crippen LogP) is 1.82. The van der Waals surface area contributed by atoms with Gasteiger partial charge in [-0.15, -0.1) is 0 Å². The summed E-state index contributed by atoms with van der Waals surface area (Å²) in [5, 5.41) is 13.0. The van der Waals surface area contributed by atoms with Crippen LogP contribution in [-0.2, 0) is 16.4 Å². The number of hydrogen-bond donors (Lipinski definition) is 2. The van der Waals surface area contributed by atoms with Crippen molar-refractivity contribution in [3.8, 4) is 5.75 Å². The molecule has 1 aromatic rings. The van der Waals surface area contributed by atoms with Crippen molar-refractivity contribution in [2.45, 2.75) is 25.4 Å². The molecule has 2 N–H and O–H groups in total. The standard InChI is InChI=1S/C12H16BrNO3S/c13-11-5-1-3-9(12(11)15)7-14-10-4-2-6-18(16,17)8-10/h1,3,5,10,14-15H,2,4,6-8H2. The van der Waals surface area contributed by atoms with Gasteiger partial charge in [-0.2, -0.15) is 0 Å². The van der Waals surface area contributed by atoms with E-state index in [4.69, 9.17) is 0 Å². The quantitative estimate of drug-likeness (QED) is 0.885. The van der Waals surface area contributed by atoms with Crippen molar-refractivity contribution in [2.75, 3.05) is 11.5 Å². The molecule has 0 saturated carbocycles. The fraction of sp³-hybridized carbons (Fsp3) is 0.500. The summed E-state index contributed by atoms with van der Waals surface area (Å²) in [6, 6.07) is 5.43. The Morgan fingerprint density at radius 3 is 2.94 bits per heavy atom. The zero-order valence-corrected chi connectivity index (χ0v) is 12.3. The highest BCUT2D eigenvalue weighted by molar-refractivity contribution is 9.10. The van der Waals surface area contributed by atoms with Crippen LogP contribution < -0.4 is 5.32 Å². The van der Waals surface area contributed by atoms with Crippen LogP contribution in [0.25, 0.3) is 0 Å². The van der Waals surface area contributed by atoms with Gasteiger partial charge in [0, 0.05) is 18.2 Å². The van der Waals surface area contributed by atoms with Gasteiger partial charge in [0.25, 0.3) is 0 Å². The zero-order chi connectivity index (χ0) is 13.2. The minimum absolute atomic E-state index is 0.0119. The van der Waals surface area contributed by atoms with Gasteiger partial charge < -0.3 is 10.4 Å². The lowest BCUT2D eigenvalue weighted by Crippen LogP contribution is -2.39. The number of phenols is 1. The van der Waals surface area contributed by atoms with Gasteiger partial charge in [0.15, 0.2) is 9.84 Å². The lowest BCUT2D eigenvalue weighted by atomic mass is 10.1. The highest BCUT2D eigenvalue weighted by Crippen LogP contribution is 2.27. The molecule has 1 atom stereocenters. The van der Waals surface area contributed by atoms with Crippen LogP contribution >= 0.6 is 15.9 Å². The Kier molecular flexibility index (Phi) is 4.29. The van der Waals surface area contributed by atoms with E-state index in [2.05, 4.69) is 21.2 Å². The first-order chi connectivity index (χ1) is 8.48. The first-order valence-electron chi connectivity index (χ1n) is 5.88. The molecule has 0 bridgehead atoms. The van der Waals surface area contributed by atoms with Crippen molar-refractivity contribution in [3.05, 3.63) is 28.2 Å². The SMILES string of the molecule is O=S1(=O)CCCC(NCc2cccc(Br)c2O)C1. The van der Waals surface area contributed by atoms with E-state index in [-0.39, 0.29) is 17.5 Å². The van der Waals surface area contributed by atoms with Crippen LogP contribution in [0.4, 0.5) is 0 Å². The number of hydrogen-bond acceptors (Lipinski definition) is 4. The molecule has 1 heterocycles. The molecule has 1 aliphatic rings. The summed E-state index contributed by atoms with van der Waals surface area (Å²) in [5.41, 5.74) is 0.771. The summed E-state index contributed by atoms with van der Waals surface area (Å²) in [6.45, 7) is 0.478. The fourth-order valence-corrected chi connectivity index (χ4v) is 4.22. The van der Waals surface area contributed by atoms with Gasteiger partial charge in [-0.3, -0.25) is 0 Å². The zero-order valence-electron chi connectivity index (χ0n) is 9.89. The Bertz CT molecular complexity index is 530. The number of nitrogens with one attached hydrogen (secondary N) is 1. The lowest BCUT2D eigenvalue weighted by molar-refractivity contribution is 0.447. The number of benzene rings is 1. The lowest BCUT2D eigenvalue weighted by Gasteiger charge is -2.23. The normalized spacial score (nSPS) is 22.8. The third kappa shape index (κ3) is 3.46. The van der Waals surface area contributed by atoms with E-state index in [0.29, 0.717) is 23.2 Å². The topological polar surface area (TPSA) is 66.4 Å². The van der Waals surface area contributed by atoms with E-state index in [1.165, 1.54) is 0 Å². The molecule has 100 valence electrons. The molecule has 18 heavy (non-hydrogen) atoms. The van der Waals surface area contributed by atoms with Crippen molar-refractivity contribution >= 4 is 25.8 Å². The first kappa shape index (κ1) is 13.8. The second-order valence-corrected chi connectivity index (χ2v) is 7.67. The number of rotatable bonds is 3. The van der Waals surface area contributed by atoms with E-state index in [0.717, 1.165) is 12.0 Å². The summed E-state index contributed by atoms with van der Waals surface area (Å²) in [4.78, 5) is 0. The van der Waals surface area contributed by atoms with Gasteiger partial charge in [0.2, 0.25) is 0 Å². The molecule has 0 amide bonds. The second kappa shape index (κ2) is 5.59. The van der Waals surface area contributed by atoms with Gasteiger partial charge >= 0.3 is 0 Å². The smallest absolute Gasteiger partial charge is 0.151 e. The van der Waals surface area contributed by atoms with Crippen LogP contribution in [0.15, 0.2) is 22.7 Å². The maximum atomic E-state index is 11.5. The largest absolute Gasteiger partial charge is 0.506 e. The first-order valence-corrected chi connectivity index (χ1v) is 8.49. The number of phenolic OH excluding ortho intramolecular Hbond substituents is 1. The minimum atomic E-state index is -2.89. The summed E-state index contributed by atoms with van der Waals surface area (Å²) >= 11 is 3.26. The average molecular weight is 334 g/mol. The Balaban J connectivity index is 1.97. The van der Waals surface area contributed by atoms with Gasteiger partial charge in [-0.1, -0.05) is 12.1 Å². The third-order valence-corrected chi connectivity index (χ3v) is 5.58. The second-order valence-electron chi connectivity index (χ2n) is 4.58. The van der Waals surface area contributed by atoms with Crippen LogP contribution in [0.2, 0.25) is 0 Å². The van der Waals surface area contributed by atoms with E-state index in [1.54, 1.807) is 6.07 Å². The molecule has 1 saturated heterocycles. The van der Waals surface area contributed by atoms with Crippen molar-refractivity contribution in [3.63, 3.8) is 0 Å². The summed E-state index contributed by atoms with van der Waals surface area (Å²) < 4.78 is 23.6. The minimum Gasteiger partial charge on any atom is -0.506 e. The number of para-hydroxylation sites is 1. The van der Waals surface area contributed by atoms with E-state index >= 15 is 0 Å². The molecule has 6 heteroatoms. The molecule has 0 aromatic heterocycles. The average Bonchev–Trinajstić information content (AvgIpc) is 2.30. The van der Waals surface area contributed by atoms with Gasteiger partial charge in [-0.25, -0.2) is 8.42 Å².